The Hall–Kier alpha value is 0.0200. The molecular formula is C5H9BrO. The number of halogens is 1. The van der Waals surface area contributed by atoms with Crippen LogP contribution in [0.1, 0.15) is 20.3 Å². The van der Waals surface area contributed by atoms with Crippen molar-refractivity contribution in [2.24, 2.45) is 0 Å². The quantitative estimate of drug-likeness (QED) is 0.592. The van der Waals surface area contributed by atoms with Gasteiger partial charge in [-0.3, -0.25) is 0 Å². The van der Waals surface area contributed by atoms with Crippen molar-refractivity contribution in [1.82, 2.24) is 0 Å². The van der Waals surface area contributed by atoms with Gasteiger partial charge in [0.25, 0.3) is 0 Å². The lowest BCUT2D eigenvalue weighted by atomic mass is 10.4. The van der Waals surface area contributed by atoms with E-state index >= 15 is 0 Å². The Morgan fingerprint density at radius 1 is 1.71 bits per heavy atom. The van der Waals surface area contributed by atoms with Gasteiger partial charge in [-0.2, -0.15) is 0 Å². The summed E-state index contributed by atoms with van der Waals surface area (Å²) in [7, 11) is 0. The molecule has 0 aromatic rings. The normalized spacial score (nSPS) is 13.6. The smallest absolute Gasteiger partial charge is 0.0992 e. The molecule has 2 heteroatoms. The number of allylic oxidation sites excluding steroid dienone is 2. The number of rotatable bonds is 1. The zero-order chi connectivity index (χ0) is 5.86. The van der Waals surface area contributed by atoms with Crippen molar-refractivity contribution in [3.63, 3.8) is 0 Å². The number of hydrogen-bond acceptors (Lipinski definition) is 1. The summed E-state index contributed by atoms with van der Waals surface area (Å²) in [5, 5.41) is 8.65. The minimum Gasteiger partial charge on any atom is -0.512 e. The maximum atomic E-state index is 8.65. The summed E-state index contributed by atoms with van der Waals surface area (Å²) in [4.78, 5) is 0. The fourth-order valence-corrected chi connectivity index (χ4v) is 0.256. The lowest BCUT2D eigenvalue weighted by Gasteiger charge is -1.91. The molecule has 1 N–H and O–H groups in total. The summed E-state index contributed by atoms with van der Waals surface area (Å²) in [5.74, 6) is 0.377. The third-order valence-corrected chi connectivity index (χ3v) is 1.84. The van der Waals surface area contributed by atoms with E-state index in [2.05, 4.69) is 15.9 Å². The lowest BCUT2D eigenvalue weighted by Crippen LogP contribution is -1.73. The first kappa shape index (κ1) is 7.02. The molecular weight excluding hydrogens is 156 g/mol. The number of aliphatic hydroxyl groups is 1. The first-order chi connectivity index (χ1) is 3.18. The lowest BCUT2D eigenvalue weighted by molar-refractivity contribution is 0.410. The van der Waals surface area contributed by atoms with Crippen molar-refractivity contribution in [3.8, 4) is 0 Å². The van der Waals surface area contributed by atoms with E-state index in [9.17, 15) is 0 Å². The predicted octanol–water partition coefficient (Wildman–Crippen LogP) is 2.58. The molecule has 0 aliphatic carbocycles. The van der Waals surface area contributed by atoms with Crippen molar-refractivity contribution >= 4 is 15.9 Å². The van der Waals surface area contributed by atoms with Crippen molar-refractivity contribution in [1.29, 1.82) is 0 Å². The van der Waals surface area contributed by atoms with Crippen LogP contribution >= 0.6 is 15.9 Å². The molecule has 0 aliphatic rings. The van der Waals surface area contributed by atoms with E-state index in [-0.39, 0.29) is 0 Å². The van der Waals surface area contributed by atoms with Crippen molar-refractivity contribution < 1.29 is 5.11 Å². The van der Waals surface area contributed by atoms with Crippen molar-refractivity contribution in [3.05, 3.63) is 10.2 Å². The van der Waals surface area contributed by atoms with E-state index in [0.717, 1.165) is 10.9 Å². The summed E-state index contributed by atoms with van der Waals surface area (Å²) in [6.07, 6.45) is 0.863. The molecule has 0 rings (SSSR count). The third-order valence-electron chi connectivity index (χ3n) is 0.703. The van der Waals surface area contributed by atoms with Crippen LogP contribution in [-0.2, 0) is 0 Å². The third kappa shape index (κ3) is 2.68. The van der Waals surface area contributed by atoms with Gasteiger partial charge in [0.1, 0.15) is 0 Å². The largest absolute Gasteiger partial charge is 0.512 e. The molecule has 0 amide bonds. The minimum atomic E-state index is 0.377. The topological polar surface area (TPSA) is 20.2 Å². The fraction of sp³-hybridized carbons (Fsp3) is 0.600. The standard InChI is InChI=1S/C5H9BrO/c1-3-5(6)4(2)7/h7H,3H2,1-2H3/b5-4-. The second kappa shape index (κ2) is 3.08. The zero-order valence-corrected chi connectivity index (χ0v) is 6.12. The van der Waals surface area contributed by atoms with E-state index in [1.165, 1.54) is 0 Å². The average molecular weight is 165 g/mol. The second-order valence-corrected chi connectivity index (χ2v) is 2.30. The van der Waals surface area contributed by atoms with Crippen LogP contribution in [0.2, 0.25) is 0 Å². The van der Waals surface area contributed by atoms with E-state index in [4.69, 9.17) is 5.11 Å². The van der Waals surface area contributed by atoms with Gasteiger partial charge in [0, 0.05) is 4.48 Å². The first-order valence-electron chi connectivity index (χ1n) is 2.22. The monoisotopic (exact) mass is 164 g/mol. The fourth-order valence-electron chi connectivity index (χ4n) is 0.256. The summed E-state index contributed by atoms with van der Waals surface area (Å²) >= 11 is 3.17. The van der Waals surface area contributed by atoms with E-state index in [1.807, 2.05) is 6.92 Å². The van der Waals surface area contributed by atoms with Crippen LogP contribution in [0.25, 0.3) is 0 Å². The van der Waals surface area contributed by atoms with Crippen LogP contribution in [0, 0.1) is 0 Å². The highest BCUT2D eigenvalue weighted by atomic mass is 79.9. The highest BCUT2D eigenvalue weighted by molar-refractivity contribution is 9.11. The maximum absolute atomic E-state index is 8.65. The Labute approximate surface area is 52.2 Å². The minimum absolute atomic E-state index is 0.377. The number of aliphatic hydroxyl groups excluding tert-OH is 1. The molecule has 7 heavy (non-hydrogen) atoms. The SMILES string of the molecule is CC/C(Br)=C(\C)O. The van der Waals surface area contributed by atoms with Gasteiger partial charge in [-0.15, -0.1) is 0 Å². The number of hydrogen-bond donors (Lipinski definition) is 1. The molecule has 0 atom stereocenters. The van der Waals surface area contributed by atoms with Gasteiger partial charge >= 0.3 is 0 Å². The Morgan fingerprint density at radius 3 is 2.14 bits per heavy atom. The highest BCUT2D eigenvalue weighted by Gasteiger charge is 1.88. The zero-order valence-electron chi connectivity index (χ0n) is 4.53. The summed E-state index contributed by atoms with van der Waals surface area (Å²) in [5.41, 5.74) is 0. The molecule has 42 valence electrons. The first-order valence-corrected chi connectivity index (χ1v) is 3.02. The van der Waals surface area contributed by atoms with Crippen molar-refractivity contribution in [2.75, 3.05) is 0 Å². The molecule has 0 aromatic carbocycles. The Kier molecular flexibility index (Phi) is 3.09. The Balaban J connectivity index is 3.72. The molecule has 0 heterocycles. The summed E-state index contributed by atoms with van der Waals surface area (Å²) < 4.78 is 0.882. The molecule has 1 nitrogen and oxygen atoms in total. The van der Waals surface area contributed by atoms with Crippen LogP contribution in [0.15, 0.2) is 10.2 Å². The highest BCUT2D eigenvalue weighted by Crippen LogP contribution is 2.12. The van der Waals surface area contributed by atoms with Crippen LogP contribution in [0.4, 0.5) is 0 Å². The van der Waals surface area contributed by atoms with Gasteiger partial charge in [0.2, 0.25) is 0 Å². The van der Waals surface area contributed by atoms with Crippen LogP contribution in [0.3, 0.4) is 0 Å². The Morgan fingerprint density at radius 2 is 2.14 bits per heavy atom. The van der Waals surface area contributed by atoms with Crippen molar-refractivity contribution in [2.45, 2.75) is 20.3 Å². The molecule has 0 saturated heterocycles. The second-order valence-electron chi connectivity index (χ2n) is 1.34. The Bertz CT molecular complexity index is 82.1. The summed E-state index contributed by atoms with van der Waals surface area (Å²) in [6, 6.07) is 0. The van der Waals surface area contributed by atoms with Gasteiger partial charge in [-0.1, -0.05) is 22.9 Å². The van der Waals surface area contributed by atoms with Gasteiger partial charge < -0.3 is 5.11 Å². The molecule has 0 aliphatic heterocycles. The molecule has 0 fully saturated rings. The molecule has 0 bridgehead atoms. The average Bonchev–Trinajstić information content (AvgIpc) is 1.65. The molecule has 0 radical (unpaired) electrons. The maximum Gasteiger partial charge on any atom is 0.0992 e. The van der Waals surface area contributed by atoms with Gasteiger partial charge in [-0.25, -0.2) is 0 Å². The van der Waals surface area contributed by atoms with Crippen LogP contribution in [-0.4, -0.2) is 5.11 Å². The van der Waals surface area contributed by atoms with Crippen LogP contribution in [0.5, 0.6) is 0 Å². The molecule has 0 spiro atoms. The summed E-state index contributed by atoms with van der Waals surface area (Å²) in [6.45, 7) is 3.64. The van der Waals surface area contributed by atoms with E-state index in [1.54, 1.807) is 6.92 Å². The van der Waals surface area contributed by atoms with E-state index in [0.29, 0.717) is 5.76 Å². The van der Waals surface area contributed by atoms with Crippen LogP contribution < -0.4 is 0 Å². The van der Waals surface area contributed by atoms with E-state index < -0.39 is 0 Å². The molecule has 0 aromatic heterocycles. The van der Waals surface area contributed by atoms with Gasteiger partial charge in [-0.05, 0) is 13.3 Å². The molecule has 0 unspecified atom stereocenters. The van der Waals surface area contributed by atoms with Gasteiger partial charge in [0.05, 0.1) is 5.76 Å². The van der Waals surface area contributed by atoms with Gasteiger partial charge in [0.15, 0.2) is 0 Å². The molecule has 0 saturated carbocycles. The predicted molar refractivity (Wildman–Crippen MR) is 34.5 cm³/mol.